The van der Waals surface area contributed by atoms with Crippen molar-refractivity contribution in [3.05, 3.63) is 53.6 Å². The highest BCUT2D eigenvalue weighted by Crippen LogP contribution is 2.25. The number of ether oxygens (including phenoxy) is 3. The van der Waals surface area contributed by atoms with Crippen LogP contribution in [0, 0.1) is 0 Å². The maximum atomic E-state index is 5.40. The first kappa shape index (κ1) is 16.7. The van der Waals surface area contributed by atoms with Gasteiger partial charge in [0.15, 0.2) is 0 Å². The number of para-hydroxylation sites is 1. The van der Waals surface area contributed by atoms with Gasteiger partial charge in [0.2, 0.25) is 0 Å². The summed E-state index contributed by atoms with van der Waals surface area (Å²) in [5.74, 6) is 2.32. The number of nitrogens with zero attached hydrogens (tertiary/aromatic N) is 1. The molecule has 2 rings (SSSR count). The first-order valence-corrected chi connectivity index (χ1v) is 7.31. The molecule has 0 fully saturated rings. The summed E-state index contributed by atoms with van der Waals surface area (Å²) in [5, 5.41) is 4.42. The molecule has 0 aliphatic rings. The summed E-state index contributed by atoms with van der Waals surface area (Å²) in [6.07, 6.45) is 0. The summed E-state index contributed by atoms with van der Waals surface area (Å²) in [6.45, 7) is 2.51. The van der Waals surface area contributed by atoms with Gasteiger partial charge in [-0.1, -0.05) is 18.2 Å². The van der Waals surface area contributed by atoms with E-state index in [1.807, 2.05) is 49.4 Å². The van der Waals surface area contributed by atoms with E-state index in [0.717, 1.165) is 34.1 Å². The van der Waals surface area contributed by atoms with E-state index < -0.39 is 0 Å². The average Bonchev–Trinajstić information content (AvgIpc) is 2.61. The van der Waals surface area contributed by atoms with E-state index in [1.165, 1.54) is 0 Å². The molecule has 2 aromatic rings. The van der Waals surface area contributed by atoms with Crippen molar-refractivity contribution in [3.63, 3.8) is 0 Å². The normalized spacial score (nSPS) is 11.0. The third-order valence-electron chi connectivity index (χ3n) is 3.51. The van der Waals surface area contributed by atoms with Gasteiger partial charge in [-0.15, -0.1) is 0 Å². The first-order valence-electron chi connectivity index (χ1n) is 7.31. The molecule has 5 heteroatoms. The van der Waals surface area contributed by atoms with Gasteiger partial charge in [-0.2, -0.15) is 5.10 Å². The highest BCUT2D eigenvalue weighted by Gasteiger charge is 2.08. The van der Waals surface area contributed by atoms with Gasteiger partial charge in [0.05, 0.1) is 33.6 Å². The maximum absolute atomic E-state index is 5.40. The molecule has 0 unspecified atom stereocenters. The molecule has 122 valence electrons. The van der Waals surface area contributed by atoms with Crippen LogP contribution in [0.3, 0.4) is 0 Å². The van der Waals surface area contributed by atoms with Crippen molar-refractivity contribution in [1.29, 1.82) is 0 Å². The zero-order valence-electron chi connectivity index (χ0n) is 13.9. The third-order valence-corrected chi connectivity index (χ3v) is 3.51. The highest BCUT2D eigenvalue weighted by atomic mass is 16.5. The number of hydrogen-bond acceptors (Lipinski definition) is 5. The lowest BCUT2D eigenvalue weighted by molar-refractivity contribution is 0.393. The summed E-state index contributed by atoms with van der Waals surface area (Å²) in [7, 11) is 4.92. The third kappa shape index (κ3) is 4.16. The molecule has 0 bridgehead atoms. The molecule has 23 heavy (non-hydrogen) atoms. The lowest BCUT2D eigenvalue weighted by Crippen LogP contribution is -2.11. The van der Waals surface area contributed by atoms with Crippen molar-refractivity contribution in [2.75, 3.05) is 21.3 Å². The Labute approximate surface area is 136 Å². The Bertz CT molecular complexity index is 684. The number of nitrogens with one attached hydrogen (secondary N) is 1. The fraction of sp³-hybridized carbons (Fsp3) is 0.278. The van der Waals surface area contributed by atoms with Crippen LogP contribution in [-0.4, -0.2) is 27.0 Å². The van der Waals surface area contributed by atoms with Crippen LogP contribution < -0.4 is 19.6 Å². The second kappa shape index (κ2) is 8.08. The van der Waals surface area contributed by atoms with Gasteiger partial charge in [0.25, 0.3) is 0 Å². The molecular weight excluding hydrogens is 292 g/mol. The molecule has 0 aliphatic carbocycles. The van der Waals surface area contributed by atoms with Crippen LogP contribution in [0.1, 0.15) is 18.1 Å². The average molecular weight is 314 g/mol. The summed E-state index contributed by atoms with van der Waals surface area (Å²) >= 11 is 0. The van der Waals surface area contributed by atoms with Crippen molar-refractivity contribution in [2.24, 2.45) is 5.10 Å². The van der Waals surface area contributed by atoms with Crippen molar-refractivity contribution in [1.82, 2.24) is 5.43 Å². The molecular formula is C18H22N2O3. The van der Waals surface area contributed by atoms with E-state index in [9.17, 15) is 0 Å². The number of methoxy groups -OCH3 is 3. The summed E-state index contributed by atoms with van der Waals surface area (Å²) in [4.78, 5) is 0. The van der Waals surface area contributed by atoms with Gasteiger partial charge in [-0.25, -0.2) is 0 Å². The predicted molar refractivity (Wildman–Crippen MR) is 91.6 cm³/mol. The van der Waals surface area contributed by atoms with E-state index in [-0.39, 0.29) is 0 Å². The topological polar surface area (TPSA) is 52.1 Å². The first-order chi connectivity index (χ1) is 11.2. The fourth-order valence-electron chi connectivity index (χ4n) is 2.25. The molecule has 0 saturated carbocycles. The summed E-state index contributed by atoms with van der Waals surface area (Å²) in [5.41, 5.74) is 5.88. The second-order valence-electron chi connectivity index (χ2n) is 4.91. The van der Waals surface area contributed by atoms with Crippen molar-refractivity contribution in [2.45, 2.75) is 13.5 Å². The van der Waals surface area contributed by atoms with E-state index in [0.29, 0.717) is 6.54 Å². The molecule has 0 radical (unpaired) electrons. The Balaban J connectivity index is 2.11. The lowest BCUT2D eigenvalue weighted by Gasteiger charge is -2.11. The molecule has 5 nitrogen and oxygen atoms in total. The molecule has 2 aromatic carbocycles. The Morgan fingerprint density at radius 2 is 1.70 bits per heavy atom. The Morgan fingerprint density at radius 1 is 0.957 bits per heavy atom. The zero-order chi connectivity index (χ0) is 16.7. The monoisotopic (exact) mass is 314 g/mol. The van der Waals surface area contributed by atoms with Gasteiger partial charge in [-0.3, -0.25) is 0 Å². The summed E-state index contributed by atoms with van der Waals surface area (Å²) in [6, 6.07) is 13.5. The molecule has 0 aliphatic heterocycles. The largest absolute Gasteiger partial charge is 0.497 e. The van der Waals surface area contributed by atoms with Gasteiger partial charge >= 0.3 is 0 Å². The van der Waals surface area contributed by atoms with Gasteiger partial charge in [-0.05, 0) is 25.1 Å². The minimum atomic E-state index is 0.583. The van der Waals surface area contributed by atoms with Crippen LogP contribution in [0.25, 0.3) is 0 Å². The minimum Gasteiger partial charge on any atom is -0.497 e. The Kier molecular flexibility index (Phi) is 5.86. The SMILES string of the molecule is COc1ccc(/C(C)=N\NCc2ccccc2OC)c(OC)c1. The smallest absolute Gasteiger partial charge is 0.131 e. The van der Waals surface area contributed by atoms with Gasteiger partial charge < -0.3 is 19.6 Å². The molecule has 0 atom stereocenters. The highest BCUT2D eigenvalue weighted by molar-refractivity contribution is 6.01. The maximum Gasteiger partial charge on any atom is 0.131 e. The van der Waals surface area contributed by atoms with Crippen LogP contribution in [0.2, 0.25) is 0 Å². The minimum absolute atomic E-state index is 0.583. The number of hydrazone groups is 1. The van der Waals surface area contributed by atoms with E-state index in [1.54, 1.807) is 21.3 Å². The molecule has 0 amide bonds. The second-order valence-corrected chi connectivity index (χ2v) is 4.91. The fourth-order valence-corrected chi connectivity index (χ4v) is 2.25. The standard InChI is InChI=1S/C18H22N2O3/c1-13(16-10-9-15(21-2)11-18(16)23-4)20-19-12-14-7-5-6-8-17(14)22-3/h5-11,19H,12H2,1-4H3/b20-13-. The van der Waals surface area contributed by atoms with Crippen LogP contribution in [-0.2, 0) is 6.54 Å². The van der Waals surface area contributed by atoms with Crippen LogP contribution in [0.5, 0.6) is 17.2 Å². The molecule has 1 N–H and O–H groups in total. The predicted octanol–water partition coefficient (Wildman–Crippen LogP) is 3.23. The van der Waals surface area contributed by atoms with Crippen molar-refractivity contribution < 1.29 is 14.2 Å². The number of rotatable bonds is 7. The van der Waals surface area contributed by atoms with E-state index in [2.05, 4.69) is 10.5 Å². The molecule has 0 aromatic heterocycles. The van der Waals surface area contributed by atoms with Crippen molar-refractivity contribution in [3.8, 4) is 17.2 Å². The van der Waals surface area contributed by atoms with Gasteiger partial charge in [0.1, 0.15) is 17.2 Å². The molecule has 0 saturated heterocycles. The lowest BCUT2D eigenvalue weighted by atomic mass is 10.1. The van der Waals surface area contributed by atoms with Crippen LogP contribution >= 0.6 is 0 Å². The van der Waals surface area contributed by atoms with E-state index in [4.69, 9.17) is 14.2 Å². The zero-order valence-corrected chi connectivity index (χ0v) is 13.9. The number of hydrogen-bond donors (Lipinski definition) is 1. The molecule has 0 heterocycles. The van der Waals surface area contributed by atoms with E-state index >= 15 is 0 Å². The van der Waals surface area contributed by atoms with Gasteiger partial charge in [0, 0.05) is 17.2 Å². The van der Waals surface area contributed by atoms with Crippen molar-refractivity contribution >= 4 is 5.71 Å². The molecule has 0 spiro atoms. The Morgan fingerprint density at radius 3 is 2.39 bits per heavy atom. The quantitative estimate of drug-likeness (QED) is 0.630. The summed E-state index contributed by atoms with van der Waals surface area (Å²) < 4.78 is 15.9. The van der Waals surface area contributed by atoms with Crippen LogP contribution in [0.4, 0.5) is 0 Å². The van der Waals surface area contributed by atoms with Crippen LogP contribution in [0.15, 0.2) is 47.6 Å². The Hall–Kier alpha value is -2.69. The number of benzene rings is 2.